The minimum Gasteiger partial charge on any atom is -0.485 e. The van der Waals surface area contributed by atoms with Crippen LogP contribution in [0, 0.1) is 0 Å². The fourth-order valence-electron chi connectivity index (χ4n) is 3.86. The Morgan fingerprint density at radius 3 is 2.75 bits per heavy atom. The molecule has 1 aromatic heterocycles. The predicted molar refractivity (Wildman–Crippen MR) is 124 cm³/mol. The standard InChI is InChI=1S/C24H24N4O3S/c29-23(14-18-16-32-24(25-18)28-10-12-30-13-11-28)27-26-20-15-22(17-6-2-1-3-7-17)31-21-9-5-4-8-19(20)21/h1-9,16,22H,10-15H2,(H,27,29)/b26-20+. The average molecular weight is 449 g/mol. The second-order valence-corrected chi connectivity index (χ2v) is 8.55. The summed E-state index contributed by atoms with van der Waals surface area (Å²) in [5.41, 5.74) is 6.28. The van der Waals surface area contributed by atoms with Crippen molar-refractivity contribution in [2.24, 2.45) is 5.10 Å². The number of nitrogens with one attached hydrogen (secondary N) is 1. The summed E-state index contributed by atoms with van der Waals surface area (Å²) in [7, 11) is 0. The number of hydrazone groups is 1. The smallest absolute Gasteiger partial charge is 0.246 e. The summed E-state index contributed by atoms with van der Waals surface area (Å²) in [5, 5.41) is 7.35. The Bertz CT molecular complexity index is 1110. The molecule has 1 unspecified atom stereocenters. The minimum atomic E-state index is -0.184. The molecule has 0 bridgehead atoms. The van der Waals surface area contributed by atoms with Gasteiger partial charge in [0, 0.05) is 30.5 Å². The molecule has 0 spiro atoms. The van der Waals surface area contributed by atoms with E-state index in [4.69, 9.17) is 9.47 Å². The summed E-state index contributed by atoms with van der Waals surface area (Å²) in [6, 6.07) is 17.9. The number of nitrogens with zero attached hydrogens (tertiary/aromatic N) is 3. The van der Waals surface area contributed by atoms with Crippen molar-refractivity contribution in [3.8, 4) is 5.75 Å². The molecule has 3 heterocycles. The second-order valence-electron chi connectivity index (χ2n) is 7.71. The van der Waals surface area contributed by atoms with Crippen LogP contribution in [-0.4, -0.2) is 42.9 Å². The summed E-state index contributed by atoms with van der Waals surface area (Å²) in [6.45, 7) is 3.08. The zero-order valence-corrected chi connectivity index (χ0v) is 18.4. The summed E-state index contributed by atoms with van der Waals surface area (Å²) in [6.07, 6.45) is 0.633. The monoisotopic (exact) mass is 448 g/mol. The Balaban J connectivity index is 1.27. The highest BCUT2D eigenvalue weighted by Crippen LogP contribution is 2.34. The molecule has 1 atom stereocenters. The Hall–Kier alpha value is -3.23. The van der Waals surface area contributed by atoms with Gasteiger partial charge in [-0.15, -0.1) is 11.3 Å². The predicted octanol–water partition coefficient (Wildman–Crippen LogP) is 3.57. The van der Waals surface area contributed by atoms with Crippen LogP contribution in [0.2, 0.25) is 0 Å². The highest BCUT2D eigenvalue weighted by molar-refractivity contribution is 7.13. The molecule has 8 heteroatoms. The number of amides is 1. The maximum atomic E-state index is 12.6. The van der Waals surface area contributed by atoms with Crippen LogP contribution in [0.3, 0.4) is 0 Å². The first-order valence-electron chi connectivity index (χ1n) is 10.7. The molecule has 1 amide bonds. The molecule has 0 saturated carbocycles. The van der Waals surface area contributed by atoms with E-state index in [2.05, 4.69) is 20.4 Å². The Morgan fingerprint density at radius 1 is 1.12 bits per heavy atom. The molecule has 2 aliphatic rings. The lowest BCUT2D eigenvalue weighted by Crippen LogP contribution is -2.36. The number of rotatable bonds is 5. The quantitative estimate of drug-likeness (QED) is 0.604. The number of morpholine rings is 1. The zero-order valence-electron chi connectivity index (χ0n) is 17.6. The van der Waals surface area contributed by atoms with Gasteiger partial charge in [0.1, 0.15) is 11.9 Å². The van der Waals surface area contributed by atoms with Crippen molar-refractivity contribution in [1.29, 1.82) is 0 Å². The van der Waals surface area contributed by atoms with Crippen molar-refractivity contribution in [1.82, 2.24) is 10.4 Å². The maximum absolute atomic E-state index is 12.6. The summed E-state index contributed by atoms with van der Waals surface area (Å²) < 4.78 is 11.6. The number of carbonyl (C=O) groups is 1. The SMILES string of the molecule is O=C(Cc1csc(N2CCOCC2)n1)N/N=C1\CC(c2ccccc2)Oc2ccccc21. The van der Waals surface area contributed by atoms with E-state index in [-0.39, 0.29) is 18.4 Å². The van der Waals surface area contributed by atoms with Gasteiger partial charge in [0.2, 0.25) is 5.91 Å². The van der Waals surface area contributed by atoms with Crippen LogP contribution in [0.4, 0.5) is 5.13 Å². The van der Waals surface area contributed by atoms with Gasteiger partial charge >= 0.3 is 0 Å². The van der Waals surface area contributed by atoms with Gasteiger partial charge in [-0.3, -0.25) is 4.79 Å². The zero-order chi connectivity index (χ0) is 21.8. The first-order valence-corrected chi connectivity index (χ1v) is 11.6. The Morgan fingerprint density at radius 2 is 1.91 bits per heavy atom. The third-order valence-corrected chi connectivity index (χ3v) is 6.45. The van der Waals surface area contributed by atoms with Crippen molar-refractivity contribution in [2.75, 3.05) is 31.2 Å². The molecule has 1 fully saturated rings. The van der Waals surface area contributed by atoms with Crippen LogP contribution in [0.15, 0.2) is 65.1 Å². The molecule has 5 rings (SSSR count). The van der Waals surface area contributed by atoms with Gasteiger partial charge in [-0.25, -0.2) is 10.4 Å². The van der Waals surface area contributed by atoms with Gasteiger partial charge in [-0.2, -0.15) is 5.10 Å². The molecule has 164 valence electrons. The lowest BCUT2D eigenvalue weighted by Gasteiger charge is -2.27. The summed E-state index contributed by atoms with van der Waals surface area (Å²) in [5.74, 6) is 0.590. The first kappa shape index (κ1) is 20.7. The number of carbonyl (C=O) groups excluding carboxylic acids is 1. The number of fused-ring (bicyclic) bond motifs is 1. The number of thiazole rings is 1. The van der Waals surface area contributed by atoms with Crippen LogP contribution in [0.5, 0.6) is 5.75 Å². The van der Waals surface area contributed by atoms with Crippen molar-refractivity contribution in [3.05, 3.63) is 76.8 Å². The van der Waals surface area contributed by atoms with Crippen LogP contribution < -0.4 is 15.1 Å². The highest BCUT2D eigenvalue weighted by Gasteiger charge is 2.26. The minimum absolute atomic E-state index is 0.142. The van der Waals surface area contributed by atoms with Crippen molar-refractivity contribution < 1.29 is 14.3 Å². The third-order valence-electron chi connectivity index (χ3n) is 5.50. The van der Waals surface area contributed by atoms with Gasteiger partial charge in [0.15, 0.2) is 5.13 Å². The molecule has 32 heavy (non-hydrogen) atoms. The van der Waals surface area contributed by atoms with Gasteiger partial charge < -0.3 is 14.4 Å². The fraction of sp³-hybridized carbons (Fsp3) is 0.292. The number of hydrogen-bond donors (Lipinski definition) is 1. The van der Waals surface area contributed by atoms with Crippen molar-refractivity contribution >= 4 is 28.1 Å². The Labute approximate surface area is 190 Å². The van der Waals surface area contributed by atoms with E-state index < -0.39 is 0 Å². The van der Waals surface area contributed by atoms with Gasteiger partial charge in [-0.1, -0.05) is 42.5 Å². The van der Waals surface area contributed by atoms with E-state index >= 15 is 0 Å². The molecular weight excluding hydrogens is 424 g/mol. The topological polar surface area (TPSA) is 76.1 Å². The first-order chi connectivity index (χ1) is 15.8. The summed E-state index contributed by atoms with van der Waals surface area (Å²) >= 11 is 1.56. The van der Waals surface area contributed by atoms with Crippen LogP contribution in [-0.2, 0) is 16.0 Å². The van der Waals surface area contributed by atoms with E-state index in [9.17, 15) is 4.79 Å². The average Bonchev–Trinajstić information content (AvgIpc) is 3.32. The number of benzene rings is 2. The third kappa shape index (κ3) is 4.66. The molecule has 0 radical (unpaired) electrons. The molecule has 3 aromatic rings. The van der Waals surface area contributed by atoms with Crippen molar-refractivity contribution in [3.63, 3.8) is 0 Å². The number of aromatic nitrogens is 1. The molecule has 0 aliphatic carbocycles. The molecule has 7 nitrogen and oxygen atoms in total. The maximum Gasteiger partial charge on any atom is 0.246 e. The Kier molecular flexibility index (Phi) is 6.13. The van der Waals surface area contributed by atoms with Crippen LogP contribution in [0.25, 0.3) is 0 Å². The van der Waals surface area contributed by atoms with E-state index in [1.54, 1.807) is 11.3 Å². The lowest BCUT2D eigenvalue weighted by molar-refractivity contribution is -0.120. The number of anilines is 1. The van der Waals surface area contributed by atoms with E-state index in [1.165, 1.54) is 0 Å². The van der Waals surface area contributed by atoms with Gasteiger partial charge in [0.25, 0.3) is 0 Å². The number of hydrogen-bond acceptors (Lipinski definition) is 7. The number of para-hydroxylation sites is 1. The fourth-order valence-corrected chi connectivity index (χ4v) is 4.74. The van der Waals surface area contributed by atoms with E-state index in [1.807, 2.05) is 60.0 Å². The normalized spacial score (nSPS) is 19.3. The molecular formula is C24H24N4O3S. The van der Waals surface area contributed by atoms with Gasteiger partial charge in [0.05, 0.1) is 31.0 Å². The summed E-state index contributed by atoms with van der Waals surface area (Å²) in [4.78, 5) is 19.4. The molecule has 2 aromatic carbocycles. The van der Waals surface area contributed by atoms with Crippen molar-refractivity contribution in [2.45, 2.75) is 18.9 Å². The molecule has 1 saturated heterocycles. The van der Waals surface area contributed by atoms with E-state index in [0.29, 0.717) is 19.6 Å². The molecule has 1 N–H and O–H groups in total. The van der Waals surface area contributed by atoms with E-state index in [0.717, 1.165) is 46.5 Å². The van der Waals surface area contributed by atoms with Gasteiger partial charge in [-0.05, 0) is 17.7 Å². The highest BCUT2D eigenvalue weighted by atomic mass is 32.1. The molecule has 2 aliphatic heterocycles. The largest absolute Gasteiger partial charge is 0.485 e. The van der Waals surface area contributed by atoms with Crippen LogP contribution in [0.1, 0.15) is 29.3 Å². The second kappa shape index (κ2) is 9.50. The lowest BCUT2D eigenvalue weighted by atomic mass is 9.96. The van der Waals surface area contributed by atoms with Crippen LogP contribution >= 0.6 is 11.3 Å². The number of ether oxygens (including phenoxy) is 2.